The number of rotatable bonds is 4. The van der Waals surface area contributed by atoms with Gasteiger partial charge in [-0.05, 0) is 61.1 Å². The van der Waals surface area contributed by atoms with Crippen LogP contribution < -0.4 is 5.63 Å². The lowest BCUT2D eigenvalue weighted by Gasteiger charge is -2.21. The van der Waals surface area contributed by atoms with Crippen LogP contribution in [0.15, 0.2) is 63.3 Å². The van der Waals surface area contributed by atoms with E-state index in [1.807, 2.05) is 25.1 Å². The molecule has 1 aliphatic carbocycles. The highest BCUT2D eigenvalue weighted by Gasteiger charge is 2.17. The Morgan fingerprint density at radius 1 is 1.14 bits per heavy atom. The number of benzene rings is 2. The average Bonchev–Trinajstić information content (AvgIpc) is 2.69. The van der Waals surface area contributed by atoms with E-state index in [4.69, 9.17) is 4.42 Å². The van der Waals surface area contributed by atoms with Crippen molar-refractivity contribution in [1.29, 1.82) is 0 Å². The molecule has 2 nitrogen and oxygen atoms in total. The summed E-state index contributed by atoms with van der Waals surface area (Å²) in [6.07, 6.45) is 7.23. The third kappa shape index (κ3) is 3.54. The van der Waals surface area contributed by atoms with E-state index in [0.29, 0.717) is 29.0 Å². The van der Waals surface area contributed by atoms with Crippen molar-refractivity contribution in [3.05, 3.63) is 81.7 Å². The molecule has 2 aromatic carbocycles. The molecule has 0 saturated heterocycles. The van der Waals surface area contributed by atoms with Gasteiger partial charge in [0.1, 0.15) is 17.0 Å². The first kappa shape index (κ1) is 18.7. The molecule has 3 heteroatoms. The minimum absolute atomic E-state index is 0.0364. The predicted octanol–water partition coefficient (Wildman–Crippen LogP) is 6.77. The van der Waals surface area contributed by atoms with Crippen molar-refractivity contribution >= 4 is 10.8 Å². The number of hydrogen-bond donors (Lipinski definition) is 0. The zero-order chi connectivity index (χ0) is 19.7. The van der Waals surface area contributed by atoms with Gasteiger partial charge in [0, 0.05) is 12.0 Å². The van der Waals surface area contributed by atoms with Gasteiger partial charge in [0.15, 0.2) is 0 Å². The molecule has 144 valence electrons. The van der Waals surface area contributed by atoms with Crippen molar-refractivity contribution in [2.75, 3.05) is 0 Å². The molecule has 0 spiro atoms. The number of hydrogen-bond acceptors (Lipinski definition) is 2. The first-order valence-electron chi connectivity index (χ1n) is 10.1. The summed E-state index contributed by atoms with van der Waals surface area (Å²) in [7, 11) is 0. The summed E-state index contributed by atoms with van der Waals surface area (Å²) in [6.45, 7) is 4.20. The van der Waals surface area contributed by atoms with Gasteiger partial charge in [-0.2, -0.15) is 0 Å². The molecule has 1 aromatic heterocycles. The van der Waals surface area contributed by atoms with E-state index in [1.165, 1.54) is 11.1 Å². The molecule has 0 saturated carbocycles. The van der Waals surface area contributed by atoms with Crippen LogP contribution in [0.2, 0.25) is 0 Å². The van der Waals surface area contributed by atoms with Gasteiger partial charge in [-0.15, -0.1) is 0 Å². The molecule has 28 heavy (non-hydrogen) atoms. The molecule has 1 unspecified atom stereocenters. The lowest BCUT2D eigenvalue weighted by atomic mass is 9.84. The van der Waals surface area contributed by atoms with Gasteiger partial charge in [0.25, 0.3) is 0 Å². The number of aryl methyl sites for hydroxylation is 1. The van der Waals surface area contributed by atoms with Crippen LogP contribution in [0.5, 0.6) is 0 Å². The second-order valence-corrected chi connectivity index (χ2v) is 7.79. The lowest BCUT2D eigenvalue weighted by molar-refractivity contribution is 0.462. The number of fused-ring (bicyclic) bond motifs is 1. The fraction of sp³-hybridized carbons (Fsp3) is 0.320. The molecular weight excluding hydrogens is 351 g/mol. The molecule has 0 radical (unpaired) electrons. The van der Waals surface area contributed by atoms with Crippen molar-refractivity contribution in [3.8, 4) is 11.1 Å². The second kappa shape index (κ2) is 7.75. The maximum absolute atomic E-state index is 15.2. The Kier molecular flexibility index (Phi) is 5.17. The minimum atomic E-state index is -0.596. The van der Waals surface area contributed by atoms with Crippen molar-refractivity contribution in [1.82, 2.24) is 0 Å². The van der Waals surface area contributed by atoms with Gasteiger partial charge in [0.2, 0.25) is 0 Å². The van der Waals surface area contributed by atoms with Gasteiger partial charge in [-0.3, -0.25) is 0 Å². The van der Waals surface area contributed by atoms with Crippen LogP contribution >= 0.6 is 0 Å². The first-order chi connectivity index (χ1) is 13.6. The van der Waals surface area contributed by atoms with Crippen LogP contribution in [-0.4, -0.2) is 0 Å². The van der Waals surface area contributed by atoms with E-state index in [2.05, 4.69) is 25.1 Å². The third-order valence-electron chi connectivity index (χ3n) is 5.75. The summed E-state index contributed by atoms with van der Waals surface area (Å²) in [6, 6.07) is 13.4. The molecule has 1 atom stereocenters. The van der Waals surface area contributed by atoms with E-state index in [0.717, 1.165) is 31.2 Å². The predicted molar refractivity (Wildman–Crippen MR) is 112 cm³/mol. The Balaban J connectivity index is 1.69. The van der Waals surface area contributed by atoms with Crippen LogP contribution in [0.25, 0.3) is 21.9 Å². The quantitative estimate of drug-likeness (QED) is 0.471. The molecule has 4 rings (SSSR count). The summed E-state index contributed by atoms with van der Waals surface area (Å²) >= 11 is 0. The van der Waals surface area contributed by atoms with E-state index >= 15 is 4.39 Å². The summed E-state index contributed by atoms with van der Waals surface area (Å²) in [4.78, 5) is 12.4. The Bertz CT molecular complexity index is 1090. The van der Waals surface area contributed by atoms with Crippen LogP contribution in [0.4, 0.5) is 4.39 Å². The van der Waals surface area contributed by atoms with Crippen LogP contribution in [0.1, 0.15) is 56.8 Å². The largest absolute Gasteiger partial charge is 0.427 e. The van der Waals surface area contributed by atoms with E-state index in [-0.39, 0.29) is 5.39 Å². The zero-order valence-corrected chi connectivity index (χ0v) is 16.4. The summed E-state index contributed by atoms with van der Waals surface area (Å²) in [5.41, 5.74) is 3.38. The zero-order valence-electron chi connectivity index (χ0n) is 16.4. The molecule has 0 bridgehead atoms. The smallest absolute Gasteiger partial charge is 0.346 e. The first-order valence-corrected chi connectivity index (χ1v) is 10.1. The topological polar surface area (TPSA) is 30.2 Å². The lowest BCUT2D eigenvalue weighted by Crippen LogP contribution is -2.05. The Labute approximate surface area is 164 Å². The summed E-state index contributed by atoms with van der Waals surface area (Å²) in [5, 5.41) is 0.635. The Morgan fingerprint density at radius 2 is 1.93 bits per heavy atom. The van der Waals surface area contributed by atoms with Gasteiger partial charge < -0.3 is 4.42 Å². The van der Waals surface area contributed by atoms with Crippen LogP contribution in [0.3, 0.4) is 0 Å². The normalized spacial score (nSPS) is 17.0. The summed E-state index contributed by atoms with van der Waals surface area (Å²) in [5.74, 6) is 0.634. The monoisotopic (exact) mass is 376 g/mol. The highest BCUT2D eigenvalue weighted by molar-refractivity contribution is 5.87. The maximum Gasteiger partial charge on any atom is 0.346 e. The van der Waals surface area contributed by atoms with E-state index in [9.17, 15) is 4.79 Å². The van der Waals surface area contributed by atoms with Gasteiger partial charge in [-0.25, -0.2) is 9.18 Å². The molecule has 0 aliphatic heterocycles. The molecule has 0 amide bonds. The van der Waals surface area contributed by atoms with Crippen molar-refractivity contribution in [3.63, 3.8) is 0 Å². The van der Waals surface area contributed by atoms with E-state index in [1.54, 1.807) is 12.1 Å². The van der Waals surface area contributed by atoms with Gasteiger partial charge in [-0.1, -0.05) is 55.0 Å². The van der Waals surface area contributed by atoms with Crippen molar-refractivity contribution in [2.45, 2.75) is 51.9 Å². The van der Waals surface area contributed by atoms with Crippen LogP contribution in [0, 0.1) is 5.82 Å². The van der Waals surface area contributed by atoms with Crippen molar-refractivity contribution in [2.24, 2.45) is 0 Å². The standard InChI is InChI=1S/C25H25FO2/c1-3-4-21-15-20-13-14-22(24(26)23(20)25(27)28-21)19-11-9-18(10-12-19)17-7-5-16(2)6-8-17/h5,9-15,17H,3-4,6-8H2,1-2H3. The average molecular weight is 376 g/mol. The van der Waals surface area contributed by atoms with Gasteiger partial charge >= 0.3 is 5.63 Å². The molecule has 1 heterocycles. The molecule has 1 aliphatic rings. The van der Waals surface area contributed by atoms with Crippen LogP contribution in [-0.2, 0) is 6.42 Å². The molecule has 0 fully saturated rings. The molecule has 0 N–H and O–H groups in total. The maximum atomic E-state index is 15.2. The highest BCUT2D eigenvalue weighted by Crippen LogP contribution is 2.34. The Hall–Kier alpha value is -2.68. The van der Waals surface area contributed by atoms with Gasteiger partial charge in [0.05, 0.1) is 0 Å². The fourth-order valence-corrected chi connectivity index (χ4v) is 4.09. The van der Waals surface area contributed by atoms with E-state index < -0.39 is 11.4 Å². The minimum Gasteiger partial charge on any atom is -0.427 e. The third-order valence-corrected chi connectivity index (χ3v) is 5.75. The number of allylic oxidation sites excluding steroid dienone is 2. The molecule has 3 aromatic rings. The SMILES string of the molecule is CCCc1cc2ccc(-c3ccc(C4CC=C(C)CC4)cc3)c(F)c2c(=O)o1. The Morgan fingerprint density at radius 3 is 2.61 bits per heavy atom. The van der Waals surface area contributed by atoms with Crippen molar-refractivity contribution < 1.29 is 8.81 Å². The fourth-order valence-electron chi connectivity index (χ4n) is 4.09. The highest BCUT2D eigenvalue weighted by atomic mass is 19.1. The number of halogens is 1. The summed E-state index contributed by atoms with van der Waals surface area (Å²) < 4.78 is 20.5. The second-order valence-electron chi connectivity index (χ2n) is 7.79. The molecular formula is C25H25FO2.